The third-order valence-corrected chi connectivity index (χ3v) is 3.16. The van der Waals surface area contributed by atoms with E-state index in [0.717, 1.165) is 3.57 Å². The third kappa shape index (κ3) is 2.15. The molecule has 1 aromatic rings. The van der Waals surface area contributed by atoms with E-state index >= 15 is 0 Å². The number of benzene rings is 1. The van der Waals surface area contributed by atoms with E-state index in [2.05, 4.69) is 22.6 Å². The van der Waals surface area contributed by atoms with Gasteiger partial charge in [0.25, 0.3) is 0 Å². The van der Waals surface area contributed by atoms with Crippen LogP contribution in [-0.4, -0.2) is 18.2 Å². The molecule has 0 N–H and O–H groups in total. The van der Waals surface area contributed by atoms with Crippen molar-refractivity contribution in [1.29, 1.82) is 0 Å². The molecule has 0 spiro atoms. The van der Waals surface area contributed by atoms with Gasteiger partial charge in [0.2, 0.25) is 5.91 Å². The van der Waals surface area contributed by atoms with Crippen LogP contribution in [0.1, 0.15) is 6.42 Å². The van der Waals surface area contributed by atoms with Crippen LogP contribution in [-0.2, 0) is 9.59 Å². The molecule has 0 bridgehead atoms. The Bertz CT molecular complexity index is 447. The molecule has 1 amide bonds. The maximum Gasteiger partial charge on any atom is 0.234 e. The highest BCUT2D eigenvalue weighted by Crippen LogP contribution is 2.29. The van der Waals surface area contributed by atoms with E-state index in [0.29, 0.717) is 10.7 Å². The van der Waals surface area contributed by atoms with E-state index in [9.17, 15) is 9.59 Å². The van der Waals surface area contributed by atoms with Crippen LogP contribution in [0.3, 0.4) is 0 Å². The highest BCUT2D eigenvalue weighted by Gasteiger charge is 2.29. The van der Waals surface area contributed by atoms with Crippen molar-refractivity contribution in [2.75, 3.05) is 11.4 Å². The topological polar surface area (TPSA) is 37.4 Å². The van der Waals surface area contributed by atoms with Crippen molar-refractivity contribution in [3.63, 3.8) is 0 Å². The zero-order valence-electron chi connectivity index (χ0n) is 7.67. The van der Waals surface area contributed by atoms with Crippen LogP contribution in [0.5, 0.6) is 0 Å². The van der Waals surface area contributed by atoms with Gasteiger partial charge < -0.3 is 4.90 Å². The van der Waals surface area contributed by atoms with Gasteiger partial charge in [-0.15, -0.1) is 0 Å². The van der Waals surface area contributed by atoms with Crippen molar-refractivity contribution >= 4 is 51.6 Å². The van der Waals surface area contributed by atoms with Crippen molar-refractivity contribution in [3.05, 3.63) is 26.8 Å². The summed E-state index contributed by atoms with van der Waals surface area (Å²) in [6.07, 6.45) is -0.0116. The summed E-state index contributed by atoms with van der Waals surface area (Å²) in [5.74, 6) is -0.238. The summed E-state index contributed by atoms with van der Waals surface area (Å²) < 4.78 is 0.999. The Hall–Kier alpha value is -0.620. The summed E-state index contributed by atoms with van der Waals surface area (Å²) in [5.41, 5.74) is 0.618. The minimum atomic E-state index is -0.178. The summed E-state index contributed by atoms with van der Waals surface area (Å²) in [4.78, 5) is 24.0. The molecule has 1 fully saturated rings. The Morgan fingerprint density at radius 3 is 2.60 bits per heavy atom. The summed E-state index contributed by atoms with van der Waals surface area (Å²) in [6, 6.07) is 5.39. The smallest absolute Gasteiger partial charge is 0.234 e. The van der Waals surface area contributed by atoms with Crippen LogP contribution in [0.4, 0.5) is 5.69 Å². The number of hydrogen-bond donors (Lipinski definition) is 0. The average molecular weight is 336 g/mol. The van der Waals surface area contributed by atoms with Gasteiger partial charge in [0.1, 0.15) is 0 Å². The minimum absolute atomic E-state index is 0.0116. The molecule has 2 rings (SSSR count). The van der Waals surface area contributed by atoms with E-state index in [-0.39, 0.29) is 24.7 Å². The number of anilines is 1. The normalized spacial score (nSPS) is 16.3. The van der Waals surface area contributed by atoms with Crippen molar-refractivity contribution in [1.82, 2.24) is 0 Å². The van der Waals surface area contributed by atoms with E-state index in [1.807, 2.05) is 6.07 Å². The number of halogens is 2. The van der Waals surface area contributed by atoms with Crippen molar-refractivity contribution in [3.8, 4) is 0 Å². The van der Waals surface area contributed by atoms with Gasteiger partial charge in [0, 0.05) is 3.57 Å². The number of Topliss-reactive ketones (excluding diaryl/α,β-unsaturated/α-hetero) is 1. The zero-order chi connectivity index (χ0) is 11.0. The molecule has 0 aromatic heterocycles. The molecule has 5 heteroatoms. The molecule has 1 aliphatic heterocycles. The Morgan fingerprint density at radius 1 is 1.33 bits per heavy atom. The highest BCUT2D eigenvalue weighted by atomic mass is 127. The minimum Gasteiger partial charge on any atom is -0.303 e. The highest BCUT2D eigenvalue weighted by molar-refractivity contribution is 14.1. The predicted octanol–water partition coefficient (Wildman–Crippen LogP) is 2.25. The summed E-state index contributed by atoms with van der Waals surface area (Å²) in [6.45, 7) is 0.138. The van der Waals surface area contributed by atoms with Gasteiger partial charge in [-0.3, -0.25) is 9.59 Å². The summed E-state index contributed by atoms with van der Waals surface area (Å²) in [5, 5.41) is 0.505. The third-order valence-electron chi connectivity index (χ3n) is 2.18. The van der Waals surface area contributed by atoms with Crippen LogP contribution in [0.2, 0.25) is 5.02 Å². The fourth-order valence-corrected chi connectivity index (χ4v) is 2.46. The van der Waals surface area contributed by atoms with Gasteiger partial charge in [-0.2, -0.15) is 0 Å². The fraction of sp³-hybridized carbons (Fsp3) is 0.200. The number of amides is 1. The second-order valence-corrected chi connectivity index (χ2v) is 4.94. The van der Waals surface area contributed by atoms with Crippen LogP contribution in [0, 0.1) is 3.57 Å². The lowest BCUT2D eigenvalue weighted by Gasteiger charge is -2.16. The second kappa shape index (κ2) is 4.09. The Balaban J connectivity index is 2.38. The van der Waals surface area contributed by atoms with E-state index < -0.39 is 0 Å². The fourth-order valence-electron chi connectivity index (χ4n) is 1.50. The quantitative estimate of drug-likeness (QED) is 0.583. The van der Waals surface area contributed by atoms with Crippen molar-refractivity contribution in [2.24, 2.45) is 0 Å². The van der Waals surface area contributed by atoms with Gasteiger partial charge in [-0.05, 0) is 40.8 Å². The maximum atomic E-state index is 11.5. The van der Waals surface area contributed by atoms with Gasteiger partial charge in [0.15, 0.2) is 5.78 Å². The lowest BCUT2D eigenvalue weighted by Crippen LogP contribution is -2.24. The maximum absolute atomic E-state index is 11.5. The van der Waals surface area contributed by atoms with Gasteiger partial charge in [-0.25, -0.2) is 0 Å². The van der Waals surface area contributed by atoms with E-state index in [4.69, 9.17) is 11.6 Å². The first kappa shape index (κ1) is 10.9. The number of nitrogens with zero attached hydrogens (tertiary/aromatic N) is 1. The predicted molar refractivity (Wildman–Crippen MR) is 66.1 cm³/mol. The molecule has 1 saturated heterocycles. The molecule has 3 nitrogen and oxygen atoms in total. The Labute approximate surface area is 106 Å². The van der Waals surface area contributed by atoms with E-state index in [1.54, 1.807) is 12.1 Å². The number of hydrogen-bond acceptors (Lipinski definition) is 2. The van der Waals surface area contributed by atoms with Crippen LogP contribution < -0.4 is 4.90 Å². The van der Waals surface area contributed by atoms with Gasteiger partial charge >= 0.3 is 0 Å². The summed E-state index contributed by atoms with van der Waals surface area (Å²) >= 11 is 8.15. The number of rotatable bonds is 1. The molecule has 1 aromatic carbocycles. The molecule has 0 aliphatic carbocycles. The molecule has 1 heterocycles. The first-order valence-electron chi connectivity index (χ1n) is 4.35. The summed E-state index contributed by atoms with van der Waals surface area (Å²) in [7, 11) is 0. The first-order valence-corrected chi connectivity index (χ1v) is 5.81. The average Bonchev–Trinajstić information content (AvgIpc) is 2.45. The van der Waals surface area contributed by atoms with Crippen LogP contribution >= 0.6 is 34.2 Å². The molecular weight excluding hydrogens is 328 g/mol. The molecule has 0 radical (unpaired) electrons. The molecule has 78 valence electrons. The Kier molecular flexibility index (Phi) is 2.97. The second-order valence-electron chi connectivity index (χ2n) is 3.29. The first-order chi connectivity index (χ1) is 7.08. The molecular formula is C10H7ClINO2. The molecule has 15 heavy (non-hydrogen) atoms. The van der Waals surface area contributed by atoms with Crippen molar-refractivity contribution < 1.29 is 9.59 Å². The van der Waals surface area contributed by atoms with Crippen LogP contribution in [0.25, 0.3) is 0 Å². The number of carbonyl (C=O) groups is 2. The lowest BCUT2D eigenvalue weighted by atomic mass is 10.3. The zero-order valence-corrected chi connectivity index (χ0v) is 10.6. The standard InChI is InChI=1S/C10H7ClINO2/c11-8-3-6(12)1-2-9(8)13-5-7(14)4-10(13)15/h1-3H,4-5H2. The molecule has 0 atom stereocenters. The SMILES string of the molecule is O=C1CC(=O)N(c2ccc(I)cc2Cl)C1. The molecule has 1 aliphatic rings. The number of ketones is 1. The monoisotopic (exact) mass is 335 g/mol. The van der Waals surface area contributed by atoms with Crippen molar-refractivity contribution in [2.45, 2.75) is 6.42 Å². The van der Waals surface area contributed by atoms with Gasteiger partial charge in [0.05, 0.1) is 23.7 Å². The lowest BCUT2D eigenvalue weighted by molar-refractivity contribution is -0.121. The van der Waals surface area contributed by atoms with Crippen LogP contribution in [0.15, 0.2) is 18.2 Å². The van der Waals surface area contributed by atoms with Gasteiger partial charge in [-0.1, -0.05) is 11.6 Å². The molecule has 0 unspecified atom stereocenters. The molecule has 0 saturated carbocycles. The largest absolute Gasteiger partial charge is 0.303 e. The number of carbonyl (C=O) groups excluding carboxylic acids is 2. The van der Waals surface area contributed by atoms with E-state index in [1.165, 1.54) is 4.90 Å². The Morgan fingerprint density at radius 2 is 2.07 bits per heavy atom.